The molecule has 7 nitrogen and oxygen atoms in total. The van der Waals surface area contributed by atoms with Crippen LogP contribution >= 0.6 is 12.4 Å². The van der Waals surface area contributed by atoms with Crippen molar-refractivity contribution >= 4 is 24.2 Å². The summed E-state index contributed by atoms with van der Waals surface area (Å²) in [6.45, 7) is 3.89. The number of hydrogen-bond acceptors (Lipinski definition) is 5. The number of amides is 2. The van der Waals surface area contributed by atoms with Crippen LogP contribution in [0.2, 0.25) is 0 Å². The normalized spacial score (nSPS) is 17.5. The van der Waals surface area contributed by atoms with E-state index in [4.69, 9.17) is 15.2 Å². The van der Waals surface area contributed by atoms with Crippen molar-refractivity contribution in [2.75, 3.05) is 33.0 Å². The fourth-order valence-corrected chi connectivity index (χ4v) is 2.63. The summed E-state index contributed by atoms with van der Waals surface area (Å²) in [4.78, 5) is 27.8. The maximum atomic E-state index is 12.5. The molecule has 0 bridgehead atoms. The molecular weight excluding hydrogens is 322 g/mol. The van der Waals surface area contributed by atoms with Crippen LogP contribution in [0, 0.1) is 0 Å². The van der Waals surface area contributed by atoms with Gasteiger partial charge in [-0.05, 0) is 25.1 Å². The van der Waals surface area contributed by atoms with Gasteiger partial charge < -0.3 is 25.0 Å². The number of carbonyl (C=O) groups is 2. The Labute approximate surface area is 140 Å². The quantitative estimate of drug-likeness (QED) is 0.845. The number of rotatable bonds is 2. The second kappa shape index (κ2) is 7.06. The number of carbonyl (C=O) groups excluding carboxylic acids is 2. The minimum atomic E-state index is -0.504. The van der Waals surface area contributed by atoms with E-state index < -0.39 is 6.04 Å². The highest BCUT2D eigenvalue weighted by atomic mass is 35.5. The summed E-state index contributed by atoms with van der Waals surface area (Å²) in [5, 5.41) is 0. The maximum absolute atomic E-state index is 12.5. The van der Waals surface area contributed by atoms with Crippen LogP contribution in [-0.2, 0) is 4.79 Å². The van der Waals surface area contributed by atoms with Crippen molar-refractivity contribution in [1.29, 1.82) is 0 Å². The Morgan fingerprint density at radius 3 is 2.35 bits per heavy atom. The minimum absolute atomic E-state index is 0. The Kier molecular flexibility index (Phi) is 5.33. The number of piperazine rings is 1. The molecule has 0 spiro atoms. The third kappa shape index (κ3) is 3.51. The Morgan fingerprint density at radius 2 is 1.70 bits per heavy atom. The molecule has 0 aromatic heterocycles. The van der Waals surface area contributed by atoms with E-state index in [0.717, 1.165) is 0 Å². The maximum Gasteiger partial charge on any atom is 0.254 e. The van der Waals surface area contributed by atoms with Gasteiger partial charge in [-0.25, -0.2) is 0 Å². The first-order valence-electron chi connectivity index (χ1n) is 7.29. The fourth-order valence-electron chi connectivity index (χ4n) is 2.63. The van der Waals surface area contributed by atoms with E-state index in [1.165, 1.54) is 0 Å². The van der Waals surface area contributed by atoms with Crippen molar-refractivity contribution in [3.05, 3.63) is 23.8 Å². The van der Waals surface area contributed by atoms with E-state index in [2.05, 4.69) is 0 Å². The van der Waals surface area contributed by atoms with Crippen LogP contribution in [0.15, 0.2) is 18.2 Å². The molecule has 23 heavy (non-hydrogen) atoms. The Balaban J connectivity index is 0.00000192. The Morgan fingerprint density at radius 1 is 1.09 bits per heavy atom. The number of fused-ring (bicyclic) bond motifs is 1. The summed E-state index contributed by atoms with van der Waals surface area (Å²) in [6, 6.07) is 4.67. The first-order chi connectivity index (χ1) is 10.6. The molecule has 0 unspecified atom stereocenters. The third-order valence-corrected chi connectivity index (χ3v) is 3.89. The van der Waals surface area contributed by atoms with Crippen LogP contribution in [0.4, 0.5) is 0 Å². The zero-order valence-electron chi connectivity index (χ0n) is 12.9. The predicted molar refractivity (Wildman–Crippen MR) is 85.9 cm³/mol. The molecule has 2 aliphatic heterocycles. The van der Waals surface area contributed by atoms with Gasteiger partial charge in [0, 0.05) is 31.7 Å². The van der Waals surface area contributed by atoms with E-state index in [1.54, 1.807) is 34.9 Å². The smallest absolute Gasteiger partial charge is 0.254 e. The van der Waals surface area contributed by atoms with E-state index >= 15 is 0 Å². The highest BCUT2D eigenvalue weighted by Gasteiger charge is 2.27. The van der Waals surface area contributed by atoms with Crippen LogP contribution in [0.25, 0.3) is 0 Å². The zero-order chi connectivity index (χ0) is 15.7. The van der Waals surface area contributed by atoms with Gasteiger partial charge in [0.05, 0.1) is 6.04 Å². The van der Waals surface area contributed by atoms with Gasteiger partial charge in [0.2, 0.25) is 12.7 Å². The third-order valence-electron chi connectivity index (χ3n) is 3.89. The van der Waals surface area contributed by atoms with Gasteiger partial charge >= 0.3 is 0 Å². The number of hydrogen-bond donors (Lipinski definition) is 1. The van der Waals surface area contributed by atoms with Gasteiger partial charge in [-0.3, -0.25) is 9.59 Å². The van der Waals surface area contributed by atoms with Gasteiger partial charge in [0.15, 0.2) is 11.5 Å². The van der Waals surface area contributed by atoms with E-state index in [0.29, 0.717) is 43.2 Å². The summed E-state index contributed by atoms with van der Waals surface area (Å²) >= 11 is 0. The number of benzene rings is 1. The van der Waals surface area contributed by atoms with Crippen molar-refractivity contribution in [1.82, 2.24) is 9.80 Å². The molecule has 1 aromatic rings. The van der Waals surface area contributed by atoms with Crippen molar-refractivity contribution in [3.63, 3.8) is 0 Å². The zero-order valence-corrected chi connectivity index (χ0v) is 13.7. The number of nitrogens with zero attached hydrogens (tertiary/aromatic N) is 2. The lowest BCUT2D eigenvalue weighted by Gasteiger charge is -2.35. The highest BCUT2D eigenvalue weighted by molar-refractivity contribution is 5.95. The summed E-state index contributed by atoms with van der Waals surface area (Å²) < 4.78 is 10.5. The summed E-state index contributed by atoms with van der Waals surface area (Å²) in [6.07, 6.45) is 0. The summed E-state index contributed by atoms with van der Waals surface area (Å²) in [5.41, 5.74) is 6.17. The van der Waals surface area contributed by atoms with Gasteiger partial charge in [-0.1, -0.05) is 0 Å². The number of halogens is 1. The highest BCUT2D eigenvalue weighted by Crippen LogP contribution is 2.32. The molecule has 2 amide bonds. The van der Waals surface area contributed by atoms with E-state index in [9.17, 15) is 9.59 Å². The molecule has 8 heteroatoms. The molecule has 2 N–H and O–H groups in total. The first-order valence-corrected chi connectivity index (χ1v) is 7.29. The van der Waals surface area contributed by atoms with Gasteiger partial charge in [0.1, 0.15) is 0 Å². The second-order valence-corrected chi connectivity index (χ2v) is 5.47. The predicted octanol–water partition coefficient (Wildman–Crippen LogP) is 0.469. The first kappa shape index (κ1) is 17.4. The standard InChI is InChI=1S/C15H19N3O4.ClH/c1-10(16)14(19)17-4-6-18(7-5-17)15(20)11-2-3-12-13(8-11)22-9-21-12;/h2-3,8,10H,4-7,9,16H2,1H3;1H/t10-;/m0./s1. The van der Waals surface area contributed by atoms with Crippen molar-refractivity contribution in [3.8, 4) is 11.5 Å². The number of ether oxygens (including phenoxy) is 2. The topological polar surface area (TPSA) is 85.1 Å². The minimum Gasteiger partial charge on any atom is -0.454 e. The Hall–Kier alpha value is -1.99. The molecular formula is C15H20ClN3O4. The summed E-state index contributed by atoms with van der Waals surface area (Å²) in [7, 11) is 0. The monoisotopic (exact) mass is 341 g/mol. The van der Waals surface area contributed by atoms with E-state index in [-0.39, 0.29) is 31.0 Å². The van der Waals surface area contributed by atoms with Crippen molar-refractivity contribution < 1.29 is 19.1 Å². The second-order valence-electron chi connectivity index (χ2n) is 5.47. The van der Waals surface area contributed by atoms with Crippen LogP contribution < -0.4 is 15.2 Å². The van der Waals surface area contributed by atoms with E-state index in [1.807, 2.05) is 0 Å². The SMILES string of the molecule is C[C@H](N)C(=O)N1CCN(C(=O)c2ccc3c(c2)OCO3)CC1.Cl. The number of nitrogens with two attached hydrogens (primary N) is 1. The van der Waals surface area contributed by atoms with Gasteiger partial charge in [-0.15, -0.1) is 12.4 Å². The molecule has 1 saturated heterocycles. The molecule has 2 heterocycles. The molecule has 1 aromatic carbocycles. The lowest BCUT2D eigenvalue weighted by Crippen LogP contribution is -2.53. The fraction of sp³-hybridized carbons (Fsp3) is 0.467. The molecule has 2 aliphatic rings. The molecule has 0 radical (unpaired) electrons. The van der Waals surface area contributed by atoms with Crippen LogP contribution in [-0.4, -0.2) is 60.6 Å². The average Bonchev–Trinajstić information content (AvgIpc) is 3.01. The molecule has 0 aliphatic carbocycles. The Bertz CT molecular complexity index is 600. The molecule has 0 saturated carbocycles. The van der Waals surface area contributed by atoms with Crippen LogP contribution in [0.5, 0.6) is 11.5 Å². The van der Waals surface area contributed by atoms with Crippen molar-refractivity contribution in [2.24, 2.45) is 5.73 Å². The average molecular weight is 342 g/mol. The van der Waals surface area contributed by atoms with Gasteiger partial charge in [0.25, 0.3) is 5.91 Å². The van der Waals surface area contributed by atoms with Crippen LogP contribution in [0.3, 0.4) is 0 Å². The molecule has 1 atom stereocenters. The lowest BCUT2D eigenvalue weighted by molar-refractivity contribution is -0.133. The lowest BCUT2D eigenvalue weighted by atomic mass is 10.1. The molecule has 126 valence electrons. The summed E-state index contributed by atoms with van der Waals surface area (Å²) in [5.74, 6) is 1.11. The largest absolute Gasteiger partial charge is 0.454 e. The van der Waals surface area contributed by atoms with Gasteiger partial charge in [-0.2, -0.15) is 0 Å². The van der Waals surface area contributed by atoms with Crippen molar-refractivity contribution in [2.45, 2.75) is 13.0 Å². The molecule has 1 fully saturated rings. The molecule has 3 rings (SSSR count). The van der Waals surface area contributed by atoms with Crippen LogP contribution in [0.1, 0.15) is 17.3 Å².